The van der Waals surface area contributed by atoms with Gasteiger partial charge in [-0.25, -0.2) is 4.79 Å². The third kappa shape index (κ3) is 3.35. The highest BCUT2D eigenvalue weighted by molar-refractivity contribution is 5.95. The van der Waals surface area contributed by atoms with Crippen LogP contribution >= 0.6 is 0 Å². The van der Waals surface area contributed by atoms with Crippen molar-refractivity contribution in [2.45, 2.75) is 6.92 Å². The van der Waals surface area contributed by atoms with E-state index in [-0.39, 0.29) is 0 Å². The minimum Gasteiger partial charge on any atom is -0.456 e. The Labute approximate surface area is 134 Å². The van der Waals surface area contributed by atoms with Crippen molar-refractivity contribution in [2.24, 2.45) is 0 Å². The van der Waals surface area contributed by atoms with Crippen molar-refractivity contribution in [3.8, 4) is 23.0 Å². The van der Waals surface area contributed by atoms with Crippen LogP contribution in [0.4, 0.5) is 0 Å². The van der Waals surface area contributed by atoms with Crippen LogP contribution in [0.3, 0.4) is 0 Å². The second-order valence-electron chi connectivity index (χ2n) is 4.80. The molecule has 0 aliphatic rings. The number of nitrogens with zero attached hydrogens (tertiary/aromatic N) is 2. The zero-order chi connectivity index (χ0) is 16.1. The number of pyridine rings is 2. The highest BCUT2D eigenvalue weighted by Gasteiger charge is 2.05. The van der Waals surface area contributed by atoms with Crippen LogP contribution in [0.1, 0.15) is 12.5 Å². The number of benzene rings is 1. The first-order chi connectivity index (χ1) is 11.3. The summed E-state index contributed by atoms with van der Waals surface area (Å²) < 4.78 is 4.81. The number of hydrogen-bond acceptors (Lipinski definition) is 4. The van der Waals surface area contributed by atoms with Crippen LogP contribution in [0, 0.1) is 11.8 Å². The second kappa shape index (κ2) is 6.71. The fourth-order valence-corrected chi connectivity index (χ4v) is 2.30. The molecule has 0 spiro atoms. The van der Waals surface area contributed by atoms with E-state index >= 15 is 0 Å². The average Bonchev–Trinajstić information content (AvgIpc) is 2.60. The minimum absolute atomic E-state index is 0.321. The molecule has 0 unspecified atom stereocenters. The predicted octanol–water partition coefficient (Wildman–Crippen LogP) is 3.21. The average molecular weight is 302 g/mol. The zero-order valence-corrected chi connectivity index (χ0v) is 12.6. The van der Waals surface area contributed by atoms with Gasteiger partial charge in [-0.2, -0.15) is 0 Å². The summed E-state index contributed by atoms with van der Waals surface area (Å²) in [4.78, 5) is 19.8. The van der Waals surface area contributed by atoms with E-state index < -0.39 is 5.97 Å². The molecule has 2 heterocycles. The Morgan fingerprint density at radius 3 is 2.74 bits per heavy atom. The van der Waals surface area contributed by atoms with E-state index in [2.05, 4.69) is 21.8 Å². The van der Waals surface area contributed by atoms with Gasteiger partial charge in [-0.15, -0.1) is 0 Å². The number of carbonyl (C=O) groups excluding carboxylic acids is 1. The molecule has 0 saturated heterocycles. The molecule has 0 N–H and O–H groups in total. The Morgan fingerprint density at radius 1 is 1.13 bits per heavy atom. The van der Waals surface area contributed by atoms with Crippen LogP contribution < -0.4 is 0 Å². The molecule has 4 heteroatoms. The van der Waals surface area contributed by atoms with Crippen molar-refractivity contribution >= 4 is 16.9 Å². The number of esters is 1. The normalized spacial score (nSPS) is 9.96. The Balaban J connectivity index is 2.06. The maximum Gasteiger partial charge on any atom is 0.384 e. The second-order valence-corrected chi connectivity index (χ2v) is 4.80. The van der Waals surface area contributed by atoms with E-state index in [1.54, 1.807) is 25.5 Å². The van der Waals surface area contributed by atoms with Crippen molar-refractivity contribution < 1.29 is 9.53 Å². The molecule has 0 bridgehead atoms. The van der Waals surface area contributed by atoms with Gasteiger partial charge in [-0.1, -0.05) is 5.92 Å². The highest BCUT2D eigenvalue weighted by Crippen LogP contribution is 2.27. The van der Waals surface area contributed by atoms with Gasteiger partial charge in [0.25, 0.3) is 0 Å². The Bertz CT molecular complexity index is 909. The fourth-order valence-electron chi connectivity index (χ4n) is 2.30. The van der Waals surface area contributed by atoms with Gasteiger partial charge in [-0.3, -0.25) is 9.97 Å². The smallest absolute Gasteiger partial charge is 0.384 e. The molecule has 3 rings (SSSR count). The van der Waals surface area contributed by atoms with Gasteiger partial charge in [0, 0.05) is 35.5 Å². The lowest BCUT2D eigenvalue weighted by molar-refractivity contribution is -0.136. The van der Waals surface area contributed by atoms with Crippen LogP contribution in [0.5, 0.6) is 0 Å². The van der Waals surface area contributed by atoms with Gasteiger partial charge in [0.2, 0.25) is 0 Å². The molecule has 0 aliphatic heterocycles. The number of aromatic nitrogens is 2. The van der Waals surface area contributed by atoms with Crippen LogP contribution in [-0.4, -0.2) is 22.5 Å². The van der Waals surface area contributed by atoms with E-state index in [4.69, 9.17) is 4.74 Å². The van der Waals surface area contributed by atoms with Crippen molar-refractivity contribution in [1.82, 2.24) is 9.97 Å². The van der Waals surface area contributed by atoms with Crippen LogP contribution in [0.15, 0.2) is 55.0 Å². The number of carbonyl (C=O) groups is 1. The van der Waals surface area contributed by atoms with E-state index in [0.717, 1.165) is 27.6 Å². The minimum atomic E-state index is -0.520. The molecule has 0 aliphatic carbocycles. The van der Waals surface area contributed by atoms with E-state index in [1.165, 1.54) is 0 Å². The molecule has 4 nitrogen and oxygen atoms in total. The number of ether oxygens (including phenoxy) is 1. The molecule has 1 aromatic carbocycles. The molecule has 0 atom stereocenters. The summed E-state index contributed by atoms with van der Waals surface area (Å²) in [6.07, 6.45) is 5.29. The molecule has 0 radical (unpaired) electrons. The molecule has 112 valence electrons. The Morgan fingerprint density at radius 2 is 1.96 bits per heavy atom. The lowest BCUT2D eigenvalue weighted by Crippen LogP contribution is -1.99. The van der Waals surface area contributed by atoms with Gasteiger partial charge in [0.05, 0.1) is 12.1 Å². The highest BCUT2D eigenvalue weighted by atomic mass is 16.5. The molecule has 3 aromatic rings. The molecular formula is C19H14N2O2. The van der Waals surface area contributed by atoms with E-state index in [0.29, 0.717) is 6.61 Å². The zero-order valence-electron chi connectivity index (χ0n) is 12.6. The molecule has 2 aromatic heterocycles. The third-order valence-corrected chi connectivity index (χ3v) is 3.32. The summed E-state index contributed by atoms with van der Waals surface area (Å²) in [6.45, 7) is 2.07. The molecule has 0 fully saturated rings. The lowest BCUT2D eigenvalue weighted by atomic mass is 10.0. The quantitative estimate of drug-likeness (QED) is 0.539. The summed E-state index contributed by atoms with van der Waals surface area (Å²) in [6, 6.07) is 11.5. The standard InChI is InChI=1S/C19H14N2O2/c1-2-23-19(22)6-4-14-3-5-18-17(13-14)16(9-12-21-18)15-7-10-20-11-8-15/h3,5,7-13H,2H2,1H3. The van der Waals surface area contributed by atoms with Crippen molar-refractivity contribution in [1.29, 1.82) is 0 Å². The summed E-state index contributed by atoms with van der Waals surface area (Å²) in [7, 11) is 0. The first-order valence-electron chi connectivity index (χ1n) is 7.26. The summed E-state index contributed by atoms with van der Waals surface area (Å²) in [5.41, 5.74) is 3.73. The number of rotatable bonds is 2. The lowest BCUT2D eigenvalue weighted by Gasteiger charge is -2.06. The van der Waals surface area contributed by atoms with E-state index in [1.807, 2.05) is 36.4 Å². The van der Waals surface area contributed by atoms with Crippen molar-refractivity contribution in [3.05, 3.63) is 60.6 Å². The summed E-state index contributed by atoms with van der Waals surface area (Å²) in [5, 5.41) is 0.981. The van der Waals surface area contributed by atoms with Gasteiger partial charge in [0.15, 0.2) is 0 Å². The Hall–Kier alpha value is -3.19. The van der Waals surface area contributed by atoms with E-state index in [9.17, 15) is 4.79 Å². The number of hydrogen-bond donors (Lipinski definition) is 0. The number of fused-ring (bicyclic) bond motifs is 1. The summed E-state index contributed by atoms with van der Waals surface area (Å²) in [5.74, 6) is 4.80. The van der Waals surface area contributed by atoms with Crippen molar-refractivity contribution in [2.75, 3.05) is 6.61 Å². The largest absolute Gasteiger partial charge is 0.456 e. The topological polar surface area (TPSA) is 52.1 Å². The predicted molar refractivity (Wildman–Crippen MR) is 88.5 cm³/mol. The first kappa shape index (κ1) is 14.7. The van der Waals surface area contributed by atoms with Gasteiger partial charge < -0.3 is 4.74 Å². The molecular weight excluding hydrogens is 288 g/mol. The van der Waals surface area contributed by atoms with Gasteiger partial charge >= 0.3 is 5.97 Å². The molecule has 0 amide bonds. The van der Waals surface area contributed by atoms with Crippen molar-refractivity contribution in [3.63, 3.8) is 0 Å². The van der Waals surface area contributed by atoms with Gasteiger partial charge in [-0.05, 0) is 54.4 Å². The SMILES string of the molecule is CCOC(=O)C#Cc1ccc2nccc(-c3ccncc3)c2c1. The van der Waals surface area contributed by atoms with Crippen LogP contribution in [0.2, 0.25) is 0 Å². The summed E-state index contributed by atoms with van der Waals surface area (Å²) >= 11 is 0. The van der Waals surface area contributed by atoms with Crippen LogP contribution in [-0.2, 0) is 9.53 Å². The van der Waals surface area contributed by atoms with Gasteiger partial charge in [0.1, 0.15) is 0 Å². The Kier molecular flexibility index (Phi) is 4.30. The monoisotopic (exact) mass is 302 g/mol. The molecule has 23 heavy (non-hydrogen) atoms. The fraction of sp³-hybridized carbons (Fsp3) is 0.105. The maximum absolute atomic E-state index is 11.4. The third-order valence-electron chi connectivity index (χ3n) is 3.32. The molecule has 0 saturated carbocycles. The van der Waals surface area contributed by atoms with Crippen LogP contribution in [0.25, 0.3) is 22.0 Å². The maximum atomic E-state index is 11.4. The first-order valence-corrected chi connectivity index (χ1v) is 7.26.